The van der Waals surface area contributed by atoms with Gasteiger partial charge in [0, 0.05) is 0 Å². The fourth-order valence-electron chi connectivity index (χ4n) is 1.44. The Kier molecular flexibility index (Phi) is 3.67. The van der Waals surface area contributed by atoms with Crippen molar-refractivity contribution in [3.05, 3.63) is 40.4 Å². The third-order valence-electron chi connectivity index (χ3n) is 2.31. The smallest absolute Gasteiger partial charge is 0.245 e. The lowest BCUT2D eigenvalue weighted by Crippen LogP contribution is -2.23. The minimum absolute atomic E-state index is 0.124. The molecule has 8 heteroatoms. The Labute approximate surface area is 107 Å². The Morgan fingerprint density at radius 3 is 2.83 bits per heavy atom. The van der Waals surface area contributed by atoms with Crippen LogP contribution in [-0.2, 0) is 10.0 Å². The topological polar surface area (TPSA) is 75.6 Å². The van der Waals surface area contributed by atoms with Gasteiger partial charge >= 0.3 is 0 Å². The summed E-state index contributed by atoms with van der Waals surface area (Å²) >= 11 is 1.19. The maximum Gasteiger partial charge on any atom is 0.245 e. The fourth-order valence-corrected chi connectivity index (χ4v) is 3.93. The van der Waals surface area contributed by atoms with Crippen LogP contribution in [-0.4, -0.2) is 13.0 Å². The first kappa shape index (κ1) is 13.0. The fraction of sp³-hybridized carbons (Fsp3) is 0.200. The van der Waals surface area contributed by atoms with Crippen LogP contribution >= 0.6 is 11.8 Å². The summed E-state index contributed by atoms with van der Waals surface area (Å²) in [5.41, 5.74) is -0.300. The highest BCUT2D eigenvalue weighted by Gasteiger charge is 2.27. The molecule has 0 fully saturated rings. The molecule has 0 radical (unpaired) electrons. The first-order valence-electron chi connectivity index (χ1n) is 4.98. The zero-order valence-electron chi connectivity index (χ0n) is 9.04. The molecule has 18 heavy (non-hydrogen) atoms. The summed E-state index contributed by atoms with van der Waals surface area (Å²) in [7, 11) is -3.57. The third-order valence-corrected chi connectivity index (χ3v) is 5.65. The van der Waals surface area contributed by atoms with Gasteiger partial charge in [0.1, 0.15) is 10.3 Å². The number of anilines is 1. The van der Waals surface area contributed by atoms with Gasteiger partial charge in [0.15, 0.2) is 5.82 Å². The van der Waals surface area contributed by atoms with Crippen molar-refractivity contribution in [1.29, 1.82) is 0 Å². The predicted octanol–water partition coefficient (Wildman–Crippen LogP) is 2.94. The van der Waals surface area contributed by atoms with Crippen LogP contribution in [0.1, 0.15) is 6.42 Å². The monoisotopic (exact) mass is 288 g/mol. The van der Waals surface area contributed by atoms with E-state index in [4.69, 9.17) is 0 Å². The number of benzene rings is 1. The molecule has 1 heterocycles. The lowest BCUT2D eigenvalue weighted by atomic mass is 10.3. The normalized spacial score (nSPS) is 18.8. The predicted molar refractivity (Wildman–Crippen MR) is 69.5 cm³/mol. The van der Waals surface area contributed by atoms with E-state index in [9.17, 15) is 17.7 Å². The number of sulfonamides is 1. The van der Waals surface area contributed by atoms with Gasteiger partial charge in [0.05, 0.1) is 5.69 Å². The molecule has 0 amide bonds. The molecule has 0 aromatic heterocycles. The first-order chi connectivity index (χ1) is 8.53. The van der Waals surface area contributed by atoms with Crippen molar-refractivity contribution >= 4 is 33.2 Å². The highest BCUT2D eigenvalue weighted by atomic mass is 32.3. The number of thioether (sulfide) groups is 1. The molecule has 0 spiro atoms. The molecular weight excluding hydrogens is 279 g/mol. The van der Waals surface area contributed by atoms with Crippen LogP contribution in [0.25, 0.3) is 0 Å². The van der Waals surface area contributed by atoms with E-state index in [-0.39, 0.29) is 5.69 Å². The van der Waals surface area contributed by atoms with Crippen LogP contribution in [0.2, 0.25) is 0 Å². The lowest BCUT2D eigenvalue weighted by molar-refractivity contribution is 0.598. The van der Waals surface area contributed by atoms with Gasteiger partial charge in [-0.3, -0.25) is 4.72 Å². The summed E-state index contributed by atoms with van der Waals surface area (Å²) < 4.78 is 38.5. The summed E-state index contributed by atoms with van der Waals surface area (Å²) in [5, 5.41) is 4.20. The van der Waals surface area contributed by atoms with Crippen LogP contribution < -0.4 is 4.72 Å². The molecule has 0 saturated heterocycles. The van der Waals surface area contributed by atoms with E-state index in [0.29, 0.717) is 6.42 Å². The van der Waals surface area contributed by atoms with Crippen LogP contribution in [0, 0.1) is 10.7 Å². The van der Waals surface area contributed by atoms with Gasteiger partial charge in [-0.1, -0.05) is 6.08 Å². The van der Waals surface area contributed by atoms with Gasteiger partial charge in [-0.05, 0) is 35.2 Å². The summed E-state index contributed by atoms with van der Waals surface area (Å²) in [4.78, 5) is 10.3. The molecule has 1 aliphatic rings. The largest absolute Gasteiger partial charge is 0.283 e. The van der Waals surface area contributed by atoms with Gasteiger partial charge in [0.2, 0.25) is 10.0 Å². The van der Waals surface area contributed by atoms with Gasteiger partial charge in [-0.15, -0.1) is 16.7 Å². The zero-order chi connectivity index (χ0) is 13.2. The van der Waals surface area contributed by atoms with E-state index in [1.54, 1.807) is 11.5 Å². The summed E-state index contributed by atoms with van der Waals surface area (Å²) in [6.45, 7) is 0. The minimum Gasteiger partial charge on any atom is -0.283 e. The minimum atomic E-state index is -3.57. The van der Waals surface area contributed by atoms with E-state index < -0.39 is 26.1 Å². The SMILES string of the molecule is O=Nc1cc(NS(=O)(=O)C2CC=CS2)ccc1F. The van der Waals surface area contributed by atoms with Crippen molar-refractivity contribution in [3.8, 4) is 0 Å². The Balaban J connectivity index is 2.21. The number of hydrogen-bond donors (Lipinski definition) is 1. The second-order valence-electron chi connectivity index (χ2n) is 3.58. The quantitative estimate of drug-likeness (QED) is 0.864. The molecular formula is C10H9FN2O3S2. The second-order valence-corrected chi connectivity index (χ2v) is 6.85. The Bertz CT molecular complexity index is 593. The number of rotatable bonds is 4. The van der Waals surface area contributed by atoms with E-state index >= 15 is 0 Å². The Morgan fingerprint density at radius 1 is 1.44 bits per heavy atom. The molecule has 1 atom stereocenters. The molecule has 1 unspecified atom stereocenters. The molecule has 0 saturated carbocycles. The highest BCUT2D eigenvalue weighted by molar-refractivity contribution is 8.15. The lowest BCUT2D eigenvalue weighted by Gasteiger charge is -2.12. The van der Waals surface area contributed by atoms with Crippen molar-refractivity contribution in [2.24, 2.45) is 5.18 Å². The van der Waals surface area contributed by atoms with Crippen LogP contribution in [0.4, 0.5) is 15.8 Å². The first-order valence-corrected chi connectivity index (χ1v) is 7.47. The molecule has 96 valence electrons. The van der Waals surface area contributed by atoms with E-state index in [2.05, 4.69) is 9.90 Å². The van der Waals surface area contributed by atoms with Crippen LogP contribution in [0.3, 0.4) is 0 Å². The maximum absolute atomic E-state index is 13.0. The highest BCUT2D eigenvalue weighted by Crippen LogP contribution is 2.30. The average molecular weight is 288 g/mol. The van der Waals surface area contributed by atoms with E-state index in [1.807, 2.05) is 0 Å². The number of nitrogens with zero attached hydrogens (tertiary/aromatic N) is 1. The molecule has 0 bridgehead atoms. The molecule has 1 aromatic rings. The number of hydrogen-bond acceptors (Lipinski definition) is 5. The van der Waals surface area contributed by atoms with Crippen LogP contribution in [0.5, 0.6) is 0 Å². The molecule has 1 aliphatic heterocycles. The van der Waals surface area contributed by atoms with Crippen molar-refractivity contribution in [1.82, 2.24) is 0 Å². The van der Waals surface area contributed by atoms with Crippen molar-refractivity contribution in [2.45, 2.75) is 11.0 Å². The number of nitroso groups, excluding NO2 is 1. The Morgan fingerprint density at radius 2 is 2.22 bits per heavy atom. The van der Waals surface area contributed by atoms with Crippen molar-refractivity contribution in [3.63, 3.8) is 0 Å². The van der Waals surface area contributed by atoms with Crippen molar-refractivity contribution < 1.29 is 12.8 Å². The van der Waals surface area contributed by atoms with Gasteiger partial charge in [0.25, 0.3) is 0 Å². The molecule has 5 nitrogen and oxygen atoms in total. The molecule has 2 rings (SSSR count). The zero-order valence-corrected chi connectivity index (χ0v) is 10.7. The summed E-state index contributed by atoms with van der Waals surface area (Å²) in [6.07, 6.45) is 2.18. The van der Waals surface area contributed by atoms with Crippen LogP contribution in [0.15, 0.2) is 34.9 Å². The van der Waals surface area contributed by atoms with Gasteiger partial charge < -0.3 is 0 Å². The average Bonchev–Trinajstić information content (AvgIpc) is 2.85. The molecule has 1 aromatic carbocycles. The standard InChI is InChI=1S/C10H9FN2O3S2/c11-8-4-3-7(6-9(8)12-14)13-18(15,16)10-2-1-5-17-10/h1,3-6,10,13H,2H2. The van der Waals surface area contributed by atoms with Gasteiger partial charge in [-0.25, -0.2) is 12.8 Å². The second kappa shape index (κ2) is 5.07. The third kappa shape index (κ3) is 2.70. The number of halogens is 1. The Hall–Kier alpha value is -1.41. The maximum atomic E-state index is 13.0. The number of nitrogens with one attached hydrogen (secondary N) is 1. The molecule has 0 aliphatic carbocycles. The molecule has 1 N–H and O–H groups in total. The number of allylic oxidation sites excluding steroid dienone is 1. The van der Waals surface area contributed by atoms with E-state index in [1.165, 1.54) is 17.8 Å². The van der Waals surface area contributed by atoms with Gasteiger partial charge in [-0.2, -0.15) is 0 Å². The summed E-state index contributed by atoms with van der Waals surface area (Å²) in [6, 6.07) is 3.30. The summed E-state index contributed by atoms with van der Waals surface area (Å²) in [5.74, 6) is -0.787. The van der Waals surface area contributed by atoms with E-state index in [0.717, 1.165) is 12.1 Å². The van der Waals surface area contributed by atoms with Crippen molar-refractivity contribution in [2.75, 3.05) is 4.72 Å².